The van der Waals surface area contributed by atoms with Crippen molar-refractivity contribution in [1.82, 2.24) is 8.52 Å². The zero-order chi connectivity index (χ0) is 12.8. The fourth-order valence-corrected chi connectivity index (χ4v) is 2.35. The minimum Gasteiger partial charge on any atom is -0.465 e. The van der Waals surface area contributed by atoms with Crippen molar-refractivity contribution < 1.29 is 9.53 Å². The molecule has 17 heavy (non-hydrogen) atoms. The molecule has 0 aliphatic heterocycles. The average Bonchev–Trinajstić information content (AvgIpc) is 2.58. The summed E-state index contributed by atoms with van der Waals surface area (Å²) >= 11 is 1.26. The molecule has 0 saturated carbocycles. The number of esters is 1. The second kappa shape index (κ2) is 6.39. The number of aryl methyl sites for hydroxylation is 1. The maximum Gasteiger partial charge on any atom is 0.340 e. The summed E-state index contributed by atoms with van der Waals surface area (Å²) in [6.45, 7) is 4.60. The first-order valence-electron chi connectivity index (χ1n) is 5.53. The molecule has 6 nitrogen and oxygen atoms in total. The number of rotatable bonds is 5. The topological polar surface area (TPSA) is 65.6 Å². The minimum atomic E-state index is -0.416. The summed E-state index contributed by atoms with van der Waals surface area (Å²) in [5, 5.41) is 0. The third-order valence-electron chi connectivity index (χ3n) is 2.08. The molecule has 0 spiro atoms. The highest BCUT2D eigenvalue weighted by atomic mass is 32.1. The van der Waals surface area contributed by atoms with Gasteiger partial charge in [-0.1, -0.05) is 6.92 Å². The minimum absolute atomic E-state index is 0.0768. The zero-order valence-corrected chi connectivity index (χ0v) is 11.1. The quantitative estimate of drug-likeness (QED) is 0.710. The molecule has 0 atom stereocenters. The average molecular weight is 259 g/mol. The third kappa shape index (κ3) is 3.29. The lowest BCUT2D eigenvalue weighted by Gasteiger charge is -2.01. The van der Waals surface area contributed by atoms with Crippen LogP contribution in [0.3, 0.4) is 0 Å². The van der Waals surface area contributed by atoms with Crippen LogP contribution in [0.25, 0.3) is 0 Å². The Morgan fingerprint density at radius 3 is 2.71 bits per heavy atom. The van der Waals surface area contributed by atoms with Gasteiger partial charge in [-0.3, -0.25) is 14.4 Å². The van der Waals surface area contributed by atoms with Gasteiger partial charge in [0.15, 0.2) is 0 Å². The fourth-order valence-electron chi connectivity index (χ4n) is 1.38. The van der Waals surface area contributed by atoms with Crippen molar-refractivity contribution in [2.24, 2.45) is 4.99 Å². The standard InChI is InChI=1S/C10H17N3O3S/c1-4-6-13-10(15)12(9(11-3)17-13)7-8(14)16-5-2/h4-7H2,1-3H3. The zero-order valence-electron chi connectivity index (χ0n) is 10.3. The number of carbonyl (C=O) groups is 1. The van der Waals surface area contributed by atoms with Crippen LogP contribution in [0, 0.1) is 0 Å². The number of aromatic nitrogens is 2. The molecule has 1 aromatic heterocycles. The number of carbonyl (C=O) groups excluding carboxylic acids is 1. The SMILES string of the molecule is CCCn1sc(=NC)n(CC(=O)OCC)c1=O. The van der Waals surface area contributed by atoms with Crippen molar-refractivity contribution in [3.63, 3.8) is 0 Å². The molecule has 0 radical (unpaired) electrons. The van der Waals surface area contributed by atoms with Crippen LogP contribution in [0.2, 0.25) is 0 Å². The van der Waals surface area contributed by atoms with E-state index in [1.54, 1.807) is 17.9 Å². The molecule has 1 rings (SSSR count). The maximum absolute atomic E-state index is 11.9. The Balaban J connectivity index is 3.06. The molecule has 0 fully saturated rings. The summed E-state index contributed by atoms with van der Waals surface area (Å²) < 4.78 is 7.77. The van der Waals surface area contributed by atoms with Gasteiger partial charge in [-0.25, -0.2) is 8.75 Å². The predicted octanol–water partition coefficient (Wildman–Crippen LogP) is 0.215. The van der Waals surface area contributed by atoms with Gasteiger partial charge >= 0.3 is 11.7 Å². The van der Waals surface area contributed by atoms with Crippen LogP contribution in [-0.4, -0.2) is 28.1 Å². The number of ether oxygens (including phenoxy) is 1. The molecule has 1 aromatic rings. The molecule has 0 N–H and O–H groups in total. The largest absolute Gasteiger partial charge is 0.465 e. The van der Waals surface area contributed by atoms with Crippen LogP contribution < -0.4 is 10.5 Å². The van der Waals surface area contributed by atoms with Crippen molar-refractivity contribution in [3.05, 3.63) is 15.3 Å². The highest BCUT2D eigenvalue weighted by molar-refractivity contribution is 7.03. The lowest BCUT2D eigenvalue weighted by Crippen LogP contribution is -2.33. The van der Waals surface area contributed by atoms with E-state index in [1.165, 1.54) is 16.1 Å². The first kappa shape index (κ1) is 13.7. The molecule has 0 bridgehead atoms. The molecule has 1 heterocycles. The van der Waals surface area contributed by atoms with Crippen LogP contribution in [0.4, 0.5) is 0 Å². The van der Waals surface area contributed by atoms with Crippen LogP contribution >= 0.6 is 11.5 Å². The summed E-state index contributed by atoms with van der Waals surface area (Å²) in [5.74, 6) is -0.416. The van der Waals surface area contributed by atoms with Gasteiger partial charge in [-0.15, -0.1) is 0 Å². The Morgan fingerprint density at radius 1 is 1.47 bits per heavy atom. The third-order valence-corrected chi connectivity index (χ3v) is 3.20. The second-order valence-corrected chi connectivity index (χ2v) is 4.36. The Morgan fingerprint density at radius 2 is 2.18 bits per heavy atom. The molecule has 0 saturated heterocycles. The second-order valence-electron chi connectivity index (χ2n) is 3.37. The van der Waals surface area contributed by atoms with E-state index in [9.17, 15) is 9.59 Å². The number of hydrogen-bond acceptors (Lipinski definition) is 5. The van der Waals surface area contributed by atoms with Gasteiger partial charge in [0.2, 0.25) is 4.80 Å². The summed E-state index contributed by atoms with van der Waals surface area (Å²) in [6.07, 6.45) is 0.864. The van der Waals surface area contributed by atoms with Crippen LogP contribution in [-0.2, 0) is 22.6 Å². The van der Waals surface area contributed by atoms with E-state index < -0.39 is 5.97 Å². The monoisotopic (exact) mass is 259 g/mol. The van der Waals surface area contributed by atoms with Crippen molar-refractivity contribution >= 4 is 17.5 Å². The molecule has 0 aliphatic carbocycles. The summed E-state index contributed by atoms with van der Waals surface area (Å²) in [6, 6.07) is 0. The van der Waals surface area contributed by atoms with Crippen molar-refractivity contribution in [1.29, 1.82) is 0 Å². The van der Waals surface area contributed by atoms with E-state index in [4.69, 9.17) is 4.74 Å². The maximum atomic E-state index is 11.9. The van der Waals surface area contributed by atoms with E-state index in [1.807, 2.05) is 6.92 Å². The van der Waals surface area contributed by atoms with Crippen LogP contribution in [0.1, 0.15) is 20.3 Å². The van der Waals surface area contributed by atoms with Crippen molar-refractivity contribution in [3.8, 4) is 0 Å². The van der Waals surface area contributed by atoms with Crippen LogP contribution in [0.15, 0.2) is 9.79 Å². The summed E-state index contributed by atoms with van der Waals surface area (Å²) in [5.41, 5.74) is -0.203. The summed E-state index contributed by atoms with van der Waals surface area (Å²) in [4.78, 5) is 27.9. The highest BCUT2D eigenvalue weighted by Gasteiger charge is 2.12. The molecular weight excluding hydrogens is 242 g/mol. The van der Waals surface area contributed by atoms with E-state index in [-0.39, 0.29) is 12.2 Å². The van der Waals surface area contributed by atoms with Crippen molar-refractivity contribution in [2.45, 2.75) is 33.4 Å². The Labute approximate surface area is 103 Å². The molecule has 0 aliphatic rings. The Kier molecular flexibility index (Phi) is 5.14. The van der Waals surface area contributed by atoms with E-state index >= 15 is 0 Å². The molecule has 0 unspecified atom stereocenters. The molecular formula is C10H17N3O3S. The predicted molar refractivity (Wildman–Crippen MR) is 65.0 cm³/mol. The van der Waals surface area contributed by atoms with E-state index in [0.29, 0.717) is 18.0 Å². The van der Waals surface area contributed by atoms with E-state index in [0.717, 1.165) is 6.42 Å². The Hall–Kier alpha value is -1.37. The van der Waals surface area contributed by atoms with Crippen LogP contribution in [0.5, 0.6) is 0 Å². The first-order chi connectivity index (χ1) is 8.13. The number of hydrogen-bond donors (Lipinski definition) is 0. The van der Waals surface area contributed by atoms with Gasteiger partial charge in [-0.2, -0.15) is 0 Å². The fraction of sp³-hybridized carbons (Fsp3) is 0.700. The smallest absolute Gasteiger partial charge is 0.340 e. The van der Waals surface area contributed by atoms with Gasteiger partial charge in [-0.05, 0) is 24.9 Å². The summed E-state index contributed by atoms with van der Waals surface area (Å²) in [7, 11) is 1.60. The molecule has 0 aromatic carbocycles. The first-order valence-corrected chi connectivity index (χ1v) is 6.30. The Bertz CT molecular complexity index is 498. The highest BCUT2D eigenvalue weighted by Crippen LogP contribution is 1.91. The normalized spacial score (nSPS) is 11.8. The lowest BCUT2D eigenvalue weighted by atomic mass is 10.5. The van der Waals surface area contributed by atoms with Gasteiger partial charge in [0.25, 0.3) is 0 Å². The van der Waals surface area contributed by atoms with Gasteiger partial charge in [0, 0.05) is 13.6 Å². The van der Waals surface area contributed by atoms with E-state index in [2.05, 4.69) is 4.99 Å². The molecule has 0 amide bonds. The van der Waals surface area contributed by atoms with Gasteiger partial charge in [0.1, 0.15) is 6.54 Å². The van der Waals surface area contributed by atoms with Gasteiger partial charge < -0.3 is 4.74 Å². The molecule has 96 valence electrons. The number of nitrogens with zero attached hydrogens (tertiary/aromatic N) is 3. The van der Waals surface area contributed by atoms with Gasteiger partial charge in [0.05, 0.1) is 6.61 Å². The molecule has 7 heteroatoms. The van der Waals surface area contributed by atoms with Crippen molar-refractivity contribution in [2.75, 3.05) is 13.7 Å². The lowest BCUT2D eigenvalue weighted by molar-refractivity contribution is -0.143.